The molecule has 1 aliphatic rings. The van der Waals surface area contributed by atoms with Crippen molar-refractivity contribution in [1.82, 2.24) is 5.32 Å². The molecule has 1 N–H and O–H groups in total. The fourth-order valence-electron chi connectivity index (χ4n) is 2.72. The Morgan fingerprint density at radius 1 is 1.12 bits per heavy atom. The summed E-state index contributed by atoms with van der Waals surface area (Å²) in [6.07, 6.45) is 2.22. The summed E-state index contributed by atoms with van der Waals surface area (Å²) < 4.78 is 5.51. The number of hydrogen-bond acceptors (Lipinski definition) is 3. The highest BCUT2D eigenvalue weighted by molar-refractivity contribution is 6.30. The molecule has 0 aliphatic heterocycles. The SMILES string of the molecule is CC(=O)c1ccc(OCC(=O)NC(c2ccc(Cl)cc2)C2CC2)cc1. The fourth-order valence-corrected chi connectivity index (χ4v) is 2.85. The highest BCUT2D eigenvalue weighted by atomic mass is 35.5. The molecule has 1 unspecified atom stereocenters. The van der Waals surface area contributed by atoms with Gasteiger partial charge in [-0.2, -0.15) is 0 Å². The fraction of sp³-hybridized carbons (Fsp3) is 0.300. The second kappa shape index (κ2) is 7.70. The van der Waals surface area contributed by atoms with Gasteiger partial charge in [-0.05, 0) is 67.6 Å². The van der Waals surface area contributed by atoms with Crippen molar-refractivity contribution in [3.05, 3.63) is 64.7 Å². The third-order valence-corrected chi connectivity index (χ3v) is 4.52. The first kappa shape index (κ1) is 17.5. The topological polar surface area (TPSA) is 55.4 Å². The number of Topliss-reactive ketones (excluding diaryl/α,β-unsaturated/α-hetero) is 1. The zero-order valence-electron chi connectivity index (χ0n) is 14.0. The molecule has 4 nitrogen and oxygen atoms in total. The van der Waals surface area contributed by atoms with E-state index in [9.17, 15) is 9.59 Å². The average molecular weight is 358 g/mol. The van der Waals surface area contributed by atoms with Crippen LogP contribution in [0.25, 0.3) is 0 Å². The summed E-state index contributed by atoms with van der Waals surface area (Å²) in [4.78, 5) is 23.5. The van der Waals surface area contributed by atoms with Gasteiger partial charge in [0.25, 0.3) is 5.91 Å². The molecule has 2 aromatic carbocycles. The van der Waals surface area contributed by atoms with Crippen molar-refractivity contribution in [2.75, 3.05) is 6.61 Å². The molecule has 0 saturated heterocycles. The molecule has 1 fully saturated rings. The lowest BCUT2D eigenvalue weighted by Crippen LogP contribution is -2.33. The minimum Gasteiger partial charge on any atom is -0.484 e. The van der Waals surface area contributed by atoms with Gasteiger partial charge >= 0.3 is 0 Å². The van der Waals surface area contributed by atoms with Gasteiger partial charge < -0.3 is 10.1 Å². The minimum absolute atomic E-state index is 0.000433. The Kier molecular flexibility index (Phi) is 5.39. The van der Waals surface area contributed by atoms with E-state index in [1.165, 1.54) is 6.92 Å². The molecule has 25 heavy (non-hydrogen) atoms. The maximum Gasteiger partial charge on any atom is 0.258 e. The van der Waals surface area contributed by atoms with Gasteiger partial charge in [0.1, 0.15) is 5.75 Å². The molecule has 0 aromatic heterocycles. The van der Waals surface area contributed by atoms with Gasteiger partial charge in [0.15, 0.2) is 12.4 Å². The summed E-state index contributed by atoms with van der Waals surface area (Å²) in [6.45, 7) is 1.45. The number of carbonyl (C=O) groups is 2. The number of amides is 1. The maximum absolute atomic E-state index is 12.3. The molecule has 1 saturated carbocycles. The largest absolute Gasteiger partial charge is 0.484 e. The minimum atomic E-state index is -0.164. The van der Waals surface area contributed by atoms with Crippen molar-refractivity contribution < 1.29 is 14.3 Å². The van der Waals surface area contributed by atoms with Crippen LogP contribution >= 0.6 is 11.6 Å². The van der Waals surface area contributed by atoms with E-state index in [4.69, 9.17) is 16.3 Å². The molecule has 0 radical (unpaired) electrons. The summed E-state index contributed by atoms with van der Waals surface area (Å²) in [6, 6.07) is 14.3. The van der Waals surface area contributed by atoms with Gasteiger partial charge in [-0.25, -0.2) is 0 Å². The van der Waals surface area contributed by atoms with Crippen LogP contribution in [0.4, 0.5) is 0 Å². The number of benzene rings is 2. The molecule has 2 aromatic rings. The Hall–Kier alpha value is -2.33. The Bertz CT molecular complexity index is 752. The van der Waals surface area contributed by atoms with E-state index in [1.54, 1.807) is 24.3 Å². The van der Waals surface area contributed by atoms with E-state index < -0.39 is 0 Å². The number of ketones is 1. The zero-order valence-corrected chi connectivity index (χ0v) is 14.8. The standard InChI is InChI=1S/C20H20ClNO3/c1-13(23)14-6-10-18(11-7-14)25-12-19(24)22-20(15-2-3-15)16-4-8-17(21)9-5-16/h4-11,15,20H,2-3,12H2,1H3,(H,22,24). The van der Waals surface area contributed by atoms with E-state index in [0.717, 1.165) is 18.4 Å². The number of carbonyl (C=O) groups excluding carboxylic acids is 2. The van der Waals surface area contributed by atoms with Crippen LogP contribution in [0.2, 0.25) is 5.02 Å². The molecule has 0 heterocycles. The van der Waals surface area contributed by atoms with Crippen molar-refractivity contribution in [2.24, 2.45) is 5.92 Å². The van der Waals surface area contributed by atoms with Crippen LogP contribution in [0.3, 0.4) is 0 Å². The van der Waals surface area contributed by atoms with Gasteiger partial charge in [-0.1, -0.05) is 23.7 Å². The molecule has 0 bridgehead atoms. The normalized spacial score (nSPS) is 14.6. The molecule has 1 amide bonds. The summed E-state index contributed by atoms with van der Waals surface area (Å²) in [5.74, 6) is 0.872. The molecular formula is C20H20ClNO3. The van der Waals surface area contributed by atoms with Crippen LogP contribution in [0.15, 0.2) is 48.5 Å². The lowest BCUT2D eigenvalue weighted by Gasteiger charge is -2.19. The Morgan fingerprint density at radius 2 is 1.76 bits per heavy atom. The van der Waals surface area contributed by atoms with Crippen LogP contribution in [0.5, 0.6) is 5.75 Å². The third-order valence-electron chi connectivity index (χ3n) is 4.27. The Labute approximate surface area is 152 Å². The number of rotatable bonds is 7. The molecule has 1 atom stereocenters. The molecular weight excluding hydrogens is 338 g/mol. The van der Waals surface area contributed by atoms with Gasteiger partial charge in [0.05, 0.1) is 6.04 Å². The van der Waals surface area contributed by atoms with E-state index >= 15 is 0 Å². The van der Waals surface area contributed by atoms with Crippen molar-refractivity contribution >= 4 is 23.3 Å². The first-order valence-corrected chi connectivity index (χ1v) is 8.69. The highest BCUT2D eigenvalue weighted by Crippen LogP contribution is 2.41. The number of nitrogens with one attached hydrogen (secondary N) is 1. The first-order chi connectivity index (χ1) is 12.0. The van der Waals surface area contributed by atoms with Crippen LogP contribution in [-0.4, -0.2) is 18.3 Å². The molecule has 1 aliphatic carbocycles. The average Bonchev–Trinajstić information content (AvgIpc) is 3.44. The number of ether oxygens (including phenoxy) is 1. The second-order valence-corrected chi connectivity index (χ2v) is 6.74. The molecule has 0 spiro atoms. The third kappa shape index (κ3) is 4.83. The predicted octanol–water partition coefficient (Wildman–Crippen LogP) is 4.19. The summed E-state index contributed by atoms with van der Waals surface area (Å²) >= 11 is 5.94. The summed E-state index contributed by atoms with van der Waals surface area (Å²) in [5.41, 5.74) is 1.68. The van der Waals surface area contributed by atoms with E-state index in [0.29, 0.717) is 22.3 Å². The second-order valence-electron chi connectivity index (χ2n) is 6.30. The van der Waals surface area contributed by atoms with E-state index in [2.05, 4.69) is 5.32 Å². The smallest absolute Gasteiger partial charge is 0.258 e. The van der Waals surface area contributed by atoms with Gasteiger partial charge in [-0.15, -0.1) is 0 Å². The van der Waals surface area contributed by atoms with Crippen molar-refractivity contribution in [3.63, 3.8) is 0 Å². The summed E-state index contributed by atoms with van der Waals surface area (Å²) in [7, 11) is 0. The Morgan fingerprint density at radius 3 is 2.32 bits per heavy atom. The summed E-state index contributed by atoms with van der Waals surface area (Å²) in [5, 5.41) is 3.74. The molecule has 3 rings (SSSR count). The van der Waals surface area contributed by atoms with Gasteiger partial charge in [0, 0.05) is 10.6 Å². The predicted molar refractivity (Wildman–Crippen MR) is 97.0 cm³/mol. The monoisotopic (exact) mass is 357 g/mol. The maximum atomic E-state index is 12.3. The van der Waals surface area contributed by atoms with Crippen molar-refractivity contribution in [3.8, 4) is 5.75 Å². The number of halogens is 1. The Balaban J connectivity index is 1.57. The van der Waals surface area contributed by atoms with Crippen LogP contribution in [0, 0.1) is 5.92 Å². The first-order valence-electron chi connectivity index (χ1n) is 8.31. The van der Waals surface area contributed by atoms with Crippen LogP contribution in [-0.2, 0) is 4.79 Å². The van der Waals surface area contributed by atoms with Crippen molar-refractivity contribution in [1.29, 1.82) is 0 Å². The zero-order chi connectivity index (χ0) is 17.8. The molecule has 5 heteroatoms. The number of hydrogen-bond donors (Lipinski definition) is 1. The van der Waals surface area contributed by atoms with E-state index in [1.807, 2.05) is 24.3 Å². The van der Waals surface area contributed by atoms with E-state index in [-0.39, 0.29) is 24.3 Å². The lowest BCUT2D eigenvalue weighted by atomic mass is 10.0. The molecule has 130 valence electrons. The van der Waals surface area contributed by atoms with Crippen LogP contribution < -0.4 is 10.1 Å². The van der Waals surface area contributed by atoms with Crippen molar-refractivity contribution in [2.45, 2.75) is 25.8 Å². The van der Waals surface area contributed by atoms with Gasteiger partial charge in [0.2, 0.25) is 0 Å². The quantitative estimate of drug-likeness (QED) is 0.756. The van der Waals surface area contributed by atoms with Gasteiger partial charge in [-0.3, -0.25) is 9.59 Å². The lowest BCUT2D eigenvalue weighted by molar-refractivity contribution is -0.124. The van der Waals surface area contributed by atoms with Crippen LogP contribution in [0.1, 0.15) is 41.7 Å². The highest BCUT2D eigenvalue weighted by Gasteiger charge is 2.33.